The highest BCUT2D eigenvalue weighted by Crippen LogP contribution is 2.42. The number of likely N-dealkylation sites (tertiary alicyclic amines) is 1. The number of hydrogen-bond donors (Lipinski definition) is 1. The first kappa shape index (κ1) is 23.8. The fraction of sp³-hybridized carbons (Fsp3) is 0.304. The molecule has 0 aromatic heterocycles. The second-order valence-electron chi connectivity index (χ2n) is 7.44. The molecule has 1 amide bonds. The van der Waals surface area contributed by atoms with Gasteiger partial charge in [0, 0.05) is 33.2 Å². The Balaban J connectivity index is 2.07. The number of aliphatic hydroxyl groups is 1. The van der Waals surface area contributed by atoms with E-state index in [1.807, 2.05) is 13.8 Å². The first-order valence-corrected chi connectivity index (χ1v) is 11.4. The topological polar surface area (TPSA) is 66.8 Å². The zero-order valence-corrected chi connectivity index (χ0v) is 20.2. The van der Waals surface area contributed by atoms with Crippen molar-refractivity contribution in [3.8, 4) is 0 Å². The van der Waals surface area contributed by atoms with Crippen LogP contribution in [0.5, 0.6) is 0 Å². The summed E-state index contributed by atoms with van der Waals surface area (Å²) < 4.78 is 6.39. The number of rotatable bonds is 7. The van der Waals surface area contributed by atoms with Crippen LogP contribution >= 0.6 is 39.1 Å². The van der Waals surface area contributed by atoms with Gasteiger partial charge in [-0.1, -0.05) is 57.3 Å². The zero-order chi connectivity index (χ0) is 22.7. The van der Waals surface area contributed by atoms with Crippen LogP contribution in [0.15, 0.2) is 52.5 Å². The van der Waals surface area contributed by atoms with Crippen LogP contribution in [0, 0.1) is 0 Å². The van der Waals surface area contributed by atoms with Crippen LogP contribution in [-0.4, -0.2) is 41.0 Å². The van der Waals surface area contributed by atoms with Gasteiger partial charge in [-0.3, -0.25) is 9.59 Å². The van der Waals surface area contributed by atoms with E-state index in [0.717, 1.165) is 4.47 Å². The van der Waals surface area contributed by atoms with Crippen molar-refractivity contribution >= 4 is 56.6 Å². The third kappa shape index (κ3) is 5.32. The van der Waals surface area contributed by atoms with E-state index in [1.54, 1.807) is 42.5 Å². The number of Topliss-reactive ketones (excluding diaryl/α,β-unsaturated/α-hetero) is 1. The van der Waals surface area contributed by atoms with E-state index in [1.165, 1.54) is 4.90 Å². The quantitative estimate of drug-likeness (QED) is 0.208. The van der Waals surface area contributed by atoms with Gasteiger partial charge < -0.3 is 14.7 Å². The molecule has 31 heavy (non-hydrogen) atoms. The number of carbonyl (C=O) groups is 2. The number of aliphatic hydroxyl groups excluding tert-OH is 1. The van der Waals surface area contributed by atoms with Crippen molar-refractivity contribution < 1.29 is 19.4 Å². The van der Waals surface area contributed by atoms with E-state index >= 15 is 0 Å². The van der Waals surface area contributed by atoms with Crippen molar-refractivity contribution in [3.05, 3.63) is 73.7 Å². The predicted octanol–water partition coefficient (Wildman–Crippen LogP) is 5.99. The highest BCUT2D eigenvalue weighted by molar-refractivity contribution is 9.10. The van der Waals surface area contributed by atoms with E-state index in [4.69, 9.17) is 27.9 Å². The Morgan fingerprint density at radius 1 is 1.16 bits per heavy atom. The van der Waals surface area contributed by atoms with Crippen LogP contribution < -0.4 is 0 Å². The second kappa shape index (κ2) is 10.2. The van der Waals surface area contributed by atoms with Crippen molar-refractivity contribution in [2.75, 3.05) is 13.2 Å². The van der Waals surface area contributed by atoms with Gasteiger partial charge in [0.2, 0.25) is 0 Å². The number of ether oxygens (including phenoxy) is 1. The maximum Gasteiger partial charge on any atom is 0.295 e. The molecule has 2 aromatic rings. The molecule has 0 aliphatic carbocycles. The monoisotopic (exact) mass is 525 g/mol. The molecule has 0 bridgehead atoms. The standard InChI is InChI=1S/C23H22BrCl2NO4/c1-13(2)31-11-3-10-27-20(17-9-8-16(25)12-18(17)26)19(22(29)23(27)30)21(28)14-4-6-15(24)7-5-14/h4-9,12-13,20,28H,3,10-11H2,1-2H3/t20-/m1/s1. The van der Waals surface area contributed by atoms with E-state index in [9.17, 15) is 14.7 Å². The molecule has 164 valence electrons. The summed E-state index contributed by atoms with van der Waals surface area (Å²) in [5.41, 5.74) is 0.953. The van der Waals surface area contributed by atoms with Gasteiger partial charge in [-0.05, 0) is 50.1 Å². The van der Waals surface area contributed by atoms with Gasteiger partial charge in [0.05, 0.1) is 17.7 Å². The Labute approximate surface area is 199 Å². The number of nitrogens with zero attached hydrogens (tertiary/aromatic N) is 1. The van der Waals surface area contributed by atoms with Crippen LogP contribution in [0.1, 0.15) is 37.4 Å². The van der Waals surface area contributed by atoms with Crippen molar-refractivity contribution in [2.45, 2.75) is 32.4 Å². The molecular weight excluding hydrogens is 505 g/mol. The molecule has 1 aliphatic heterocycles. The molecule has 1 fully saturated rings. The minimum absolute atomic E-state index is 0.00122. The highest BCUT2D eigenvalue weighted by atomic mass is 79.9. The molecule has 2 aromatic carbocycles. The molecular formula is C23H22BrCl2NO4. The summed E-state index contributed by atoms with van der Waals surface area (Å²) in [4.78, 5) is 27.3. The van der Waals surface area contributed by atoms with Gasteiger partial charge in [-0.2, -0.15) is 0 Å². The molecule has 0 saturated carbocycles. The first-order chi connectivity index (χ1) is 14.7. The molecule has 0 unspecified atom stereocenters. The number of benzene rings is 2. The maximum atomic E-state index is 13.0. The number of carbonyl (C=O) groups excluding carboxylic acids is 2. The number of ketones is 1. The lowest BCUT2D eigenvalue weighted by Gasteiger charge is -2.26. The van der Waals surface area contributed by atoms with Crippen molar-refractivity contribution in [3.63, 3.8) is 0 Å². The lowest BCUT2D eigenvalue weighted by Crippen LogP contribution is -2.31. The minimum Gasteiger partial charge on any atom is -0.507 e. The molecule has 0 radical (unpaired) electrons. The van der Waals surface area contributed by atoms with Gasteiger partial charge in [-0.25, -0.2) is 0 Å². The minimum atomic E-state index is -0.826. The van der Waals surface area contributed by atoms with Crippen LogP contribution in [0.3, 0.4) is 0 Å². The van der Waals surface area contributed by atoms with E-state index < -0.39 is 17.7 Å². The largest absolute Gasteiger partial charge is 0.507 e. The Morgan fingerprint density at radius 3 is 2.45 bits per heavy atom. The summed E-state index contributed by atoms with van der Waals surface area (Å²) in [5, 5.41) is 11.8. The molecule has 1 N–H and O–H groups in total. The number of amides is 1. The molecule has 0 spiro atoms. The average molecular weight is 527 g/mol. The van der Waals surface area contributed by atoms with Gasteiger partial charge >= 0.3 is 0 Å². The van der Waals surface area contributed by atoms with Gasteiger partial charge in [0.1, 0.15) is 5.76 Å². The average Bonchev–Trinajstić information content (AvgIpc) is 2.96. The molecule has 8 heteroatoms. The van der Waals surface area contributed by atoms with Crippen molar-refractivity contribution in [1.29, 1.82) is 0 Å². The summed E-state index contributed by atoms with van der Waals surface area (Å²) >= 11 is 15.8. The second-order valence-corrected chi connectivity index (χ2v) is 9.20. The SMILES string of the molecule is CC(C)OCCCN1C(=O)C(=O)C(=C(O)c2ccc(Br)cc2)[C@H]1c1ccc(Cl)cc1Cl. The molecule has 1 heterocycles. The fourth-order valence-corrected chi connectivity index (χ4v) is 4.25. The molecule has 3 rings (SSSR count). The number of hydrogen-bond acceptors (Lipinski definition) is 4. The highest BCUT2D eigenvalue weighted by Gasteiger charge is 2.46. The number of halogens is 3. The summed E-state index contributed by atoms with van der Waals surface area (Å²) in [7, 11) is 0. The summed E-state index contributed by atoms with van der Waals surface area (Å²) in [6.45, 7) is 4.57. The normalized spacial score (nSPS) is 18.3. The Bertz CT molecular complexity index is 1020. The van der Waals surface area contributed by atoms with Crippen molar-refractivity contribution in [2.24, 2.45) is 0 Å². The van der Waals surface area contributed by atoms with E-state index in [-0.39, 0.29) is 24.0 Å². The zero-order valence-electron chi connectivity index (χ0n) is 17.1. The Hall–Kier alpha value is -1.86. The van der Waals surface area contributed by atoms with Gasteiger partial charge in [-0.15, -0.1) is 0 Å². The lowest BCUT2D eigenvalue weighted by molar-refractivity contribution is -0.140. The van der Waals surface area contributed by atoms with E-state index in [2.05, 4.69) is 15.9 Å². The van der Waals surface area contributed by atoms with Gasteiger partial charge in [0.15, 0.2) is 0 Å². The molecule has 1 aliphatic rings. The third-order valence-electron chi connectivity index (χ3n) is 4.91. The summed E-state index contributed by atoms with van der Waals surface area (Å²) in [6.07, 6.45) is 0.597. The molecule has 1 atom stereocenters. The Kier molecular flexibility index (Phi) is 7.81. The van der Waals surface area contributed by atoms with Gasteiger partial charge in [0.25, 0.3) is 11.7 Å². The third-order valence-corrected chi connectivity index (χ3v) is 6.00. The molecule has 1 saturated heterocycles. The maximum absolute atomic E-state index is 13.0. The lowest BCUT2D eigenvalue weighted by atomic mass is 9.95. The predicted molar refractivity (Wildman–Crippen MR) is 125 cm³/mol. The first-order valence-electron chi connectivity index (χ1n) is 9.81. The smallest absolute Gasteiger partial charge is 0.295 e. The van der Waals surface area contributed by atoms with Crippen LogP contribution in [0.25, 0.3) is 5.76 Å². The van der Waals surface area contributed by atoms with E-state index in [0.29, 0.717) is 34.2 Å². The summed E-state index contributed by atoms with van der Waals surface area (Å²) in [6, 6.07) is 10.9. The van der Waals surface area contributed by atoms with Crippen molar-refractivity contribution in [1.82, 2.24) is 4.90 Å². The summed E-state index contributed by atoms with van der Waals surface area (Å²) in [5.74, 6) is -1.68. The van der Waals surface area contributed by atoms with Crippen LogP contribution in [-0.2, 0) is 14.3 Å². The Morgan fingerprint density at radius 2 is 1.84 bits per heavy atom. The molecule has 5 nitrogen and oxygen atoms in total. The fourth-order valence-electron chi connectivity index (χ4n) is 3.47. The van der Waals surface area contributed by atoms with Crippen LogP contribution in [0.4, 0.5) is 0 Å². The van der Waals surface area contributed by atoms with Crippen LogP contribution in [0.2, 0.25) is 10.0 Å².